The summed E-state index contributed by atoms with van der Waals surface area (Å²) in [6, 6.07) is -0.0252. The molecule has 2 aliphatic rings. The Morgan fingerprint density at radius 1 is 1.20 bits per heavy atom. The van der Waals surface area contributed by atoms with Crippen molar-refractivity contribution >= 4 is 6.09 Å². The predicted octanol–water partition coefficient (Wildman–Crippen LogP) is 2.94. The maximum Gasteiger partial charge on any atom is 0.413 e. The van der Waals surface area contributed by atoms with E-state index in [0.717, 1.165) is 19.3 Å². The number of nitrogens with two attached hydrogens (primary N) is 1. The van der Waals surface area contributed by atoms with Crippen LogP contribution in [0, 0.1) is 0 Å². The molecule has 0 aromatic heterocycles. The van der Waals surface area contributed by atoms with Crippen LogP contribution in [-0.4, -0.2) is 44.5 Å². The van der Waals surface area contributed by atoms with Gasteiger partial charge in [0.2, 0.25) is 0 Å². The number of quaternary nitrogens is 1. The number of carbonyl (C=O) groups excluding carboxylic acids is 1. The topological polar surface area (TPSA) is 66.4 Å². The van der Waals surface area contributed by atoms with Crippen LogP contribution in [0.5, 0.6) is 0 Å². The summed E-state index contributed by atoms with van der Waals surface area (Å²) < 4.78 is 5.75. The normalized spacial score (nSPS) is 34.8. The van der Waals surface area contributed by atoms with E-state index in [2.05, 4.69) is 52.9 Å². The maximum absolute atomic E-state index is 12.7. The highest BCUT2D eigenvalue weighted by Crippen LogP contribution is 2.44. The summed E-state index contributed by atoms with van der Waals surface area (Å²) >= 11 is 0. The number of piperidine rings is 1. The number of amides is 1. The molecule has 1 amide bonds. The van der Waals surface area contributed by atoms with Crippen LogP contribution >= 0.6 is 0 Å². The van der Waals surface area contributed by atoms with Crippen LogP contribution in [0.3, 0.4) is 0 Å². The number of nitrogens with zero attached hydrogens (tertiary/aromatic N) is 1. The van der Waals surface area contributed by atoms with Gasteiger partial charge in [0, 0.05) is 18.9 Å². The monoisotopic (exact) mass is 353 g/mol. The maximum atomic E-state index is 12.7. The zero-order chi connectivity index (χ0) is 19.3. The minimum atomic E-state index is -1.31. The standard InChI is InChI=1S/C20H36N2O3/c1-14(2)10-9-11-19(7)20(8,24)22(16(23)25-19)15-12-17(3,4)21-18(5,6)13-15/h10,15,21,24H,9,11-13H2,1-8H3/p+1/t19-,20+/m1/s1. The minimum absolute atomic E-state index is 0.0177. The summed E-state index contributed by atoms with van der Waals surface area (Å²) in [5, 5.41) is 13.7. The average Bonchev–Trinajstić information content (AvgIpc) is 2.50. The number of hydrogen-bond acceptors (Lipinski definition) is 3. The fraction of sp³-hybridized carbons (Fsp3) is 0.850. The van der Waals surface area contributed by atoms with Crippen molar-refractivity contribution < 1.29 is 20.0 Å². The molecule has 2 fully saturated rings. The number of allylic oxidation sites excluding steroid dienone is 2. The molecule has 2 heterocycles. The molecule has 0 saturated carbocycles. The van der Waals surface area contributed by atoms with Gasteiger partial charge in [0.05, 0.1) is 11.1 Å². The first-order chi connectivity index (χ1) is 11.2. The summed E-state index contributed by atoms with van der Waals surface area (Å²) in [6.45, 7) is 16.5. The Bertz CT molecular complexity index is 545. The Morgan fingerprint density at radius 3 is 2.20 bits per heavy atom. The highest BCUT2D eigenvalue weighted by atomic mass is 16.6. The van der Waals surface area contributed by atoms with Gasteiger partial charge in [-0.25, -0.2) is 4.79 Å². The number of aliphatic hydroxyl groups is 1. The highest BCUT2D eigenvalue weighted by molar-refractivity contribution is 5.72. The average molecular weight is 354 g/mol. The molecule has 0 spiro atoms. The molecule has 2 saturated heterocycles. The molecule has 3 N–H and O–H groups in total. The van der Waals surface area contributed by atoms with Gasteiger partial charge >= 0.3 is 6.09 Å². The van der Waals surface area contributed by atoms with Crippen LogP contribution in [0.2, 0.25) is 0 Å². The van der Waals surface area contributed by atoms with Crippen LogP contribution in [0.4, 0.5) is 4.79 Å². The van der Waals surface area contributed by atoms with Crippen molar-refractivity contribution in [2.45, 2.75) is 110 Å². The molecular formula is C20H37N2O3+. The lowest BCUT2D eigenvalue weighted by molar-refractivity contribution is -0.788. The fourth-order valence-electron chi connectivity index (χ4n) is 4.84. The van der Waals surface area contributed by atoms with Crippen LogP contribution in [0.15, 0.2) is 11.6 Å². The fourth-order valence-corrected chi connectivity index (χ4v) is 4.84. The summed E-state index contributed by atoms with van der Waals surface area (Å²) in [5.74, 6) is 0. The molecule has 2 aliphatic heterocycles. The first kappa shape index (κ1) is 20.2. The summed E-state index contributed by atoms with van der Waals surface area (Å²) in [6.07, 6.45) is 4.81. The van der Waals surface area contributed by atoms with E-state index in [0.29, 0.717) is 6.42 Å². The molecule has 5 heteroatoms. The molecule has 0 unspecified atom stereocenters. The zero-order valence-corrected chi connectivity index (χ0v) is 17.3. The lowest BCUT2D eigenvalue weighted by Crippen LogP contribution is -3.06. The van der Waals surface area contributed by atoms with Gasteiger partial charge in [-0.2, -0.15) is 0 Å². The van der Waals surface area contributed by atoms with E-state index >= 15 is 0 Å². The van der Waals surface area contributed by atoms with E-state index in [1.807, 2.05) is 6.92 Å². The van der Waals surface area contributed by atoms with Gasteiger partial charge in [0.1, 0.15) is 0 Å². The van der Waals surface area contributed by atoms with Crippen molar-refractivity contribution in [3.63, 3.8) is 0 Å². The van der Waals surface area contributed by atoms with E-state index in [1.165, 1.54) is 5.57 Å². The Kier molecular flexibility index (Phi) is 5.08. The lowest BCUT2D eigenvalue weighted by atomic mass is 9.77. The molecule has 25 heavy (non-hydrogen) atoms. The second kappa shape index (κ2) is 6.27. The van der Waals surface area contributed by atoms with Gasteiger partial charge in [-0.05, 0) is 68.2 Å². The molecule has 2 atom stereocenters. The van der Waals surface area contributed by atoms with Gasteiger partial charge < -0.3 is 15.2 Å². The zero-order valence-electron chi connectivity index (χ0n) is 17.3. The Hall–Kier alpha value is -1.07. The molecule has 0 bridgehead atoms. The molecule has 0 aromatic rings. The van der Waals surface area contributed by atoms with Gasteiger partial charge in [-0.15, -0.1) is 0 Å². The van der Waals surface area contributed by atoms with Gasteiger partial charge in [0.15, 0.2) is 11.3 Å². The lowest BCUT2D eigenvalue weighted by Gasteiger charge is -2.48. The first-order valence-corrected chi connectivity index (χ1v) is 9.44. The highest BCUT2D eigenvalue weighted by Gasteiger charge is 2.62. The van der Waals surface area contributed by atoms with Gasteiger partial charge in [-0.3, -0.25) is 4.90 Å². The third kappa shape index (κ3) is 4.03. The van der Waals surface area contributed by atoms with Gasteiger partial charge in [0.25, 0.3) is 0 Å². The molecule has 0 aliphatic carbocycles. The van der Waals surface area contributed by atoms with E-state index in [1.54, 1.807) is 11.8 Å². The molecule has 0 radical (unpaired) electrons. The van der Waals surface area contributed by atoms with E-state index in [9.17, 15) is 9.90 Å². The molecular weight excluding hydrogens is 316 g/mol. The predicted molar refractivity (Wildman–Crippen MR) is 99.1 cm³/mol. The third-order valence-corrected chi connectivity index (χ3v) is 5.82. The second-order valence-corrected chi connectivity index (χ2v) is 9.99. The van der Waals surface area contributed by atoms with Crippen LogP contribution in [0.1, 0.15) is 81.1 Å². The van der Waals surface area contributed by atoms with Crippen LogP contribution in [-0.2, 0) is 4.74 Å². The third-order valence-electron chi connectivity index (χ3n) is 5.82. The van der Waals surface area contributed by atoms with E-state index < -0.39 is 11.3 Å². The molecule has 0 aromatic carbocycles. The van der Waals surface area contributed by atoms with E-state index in [4.69, 9.17) is 4.74 Å². The summed E-state index contributed by atoms with van der Waals surface area (Å²) in [7, 11) is 0. The van der Waals surface area contributed by atoms with Crippen molar-refractivity contribution in [3.05, 3.63) is 11.6 Å². The molecule has 5 nitrogen and oxygen atoms in total. The van der Waals surface area contributed by atoms with Crippen molar-refractivity contribution in [2.24, 2.45) is 0 Å². The Balaban J connectivity index is 2.26. The van der Waals surface area contributed by atoms with Crippen molar-refractivity contribution in [3.8, 4) is 0 Å². The SMILES string of the molecule is CC(C)=CCC[C@@]1(C)OC(=O)N(C2CC(C)(C)[NH2+]C(C)(C)C2)[C@@]1(C)O. The molecule has 144 valence electrons. The second-order valence-electron chi connectivity index (χ2n) is 9.99. The summed E-state index contributed by atoms with van der Waals surface area (Å²) in [4.78, 5) is 14.4. The summed E-state index contributed by atoms with van der Waals surface area (Å²) in [5.41, 5.74) is -0.942. The number of cyclic esters (lactones) is 1. The van der Waals surface area contributed by atoms with Gasteiger partial charge in [-0.1, -0.05) is 11.6 Å². The number of carbonyl (C=O) groups is 1. The largest absolute Gasteiger partial charge is 0.438 e. The van der Waals surface area contributed by atoms with Crippen molar-refractivity contribution in [1.29, 1.82) is 0 Å². The molecule has 2 rings (SSSR count). The van der Waals surface area contributed by atoms with Crippen LogP contribution < -0.4 is 5.32 Å². The first-order valence-electron chi connectivity index (χ1n) is 9.44. The number of rotatable bonds is 4. The number of ether oxygens (including phenoxy) is 1. The number of hydrogen-bond donors (Lipinski definition) is 2. The van der Waals surface area contributed by atoms with E-state index in [-0.39, 0.29) is 23.2 Å². The van der Waals surface area contributed by atoms with Crippen LogP contribution in [0.25, 0.3) is 0 Å². The Morgan fingerprint density at radius 2 is 1.72 bits per heavy atom. The quantitative estimate of drug-likeness (QED) is 0.764. The van der Waals surface area contributed by atoms with Crippen molar-refractivity contribution in [1.82, 2.24) is 4.90 Å². The minimum Gasteiger partial charge on any atom is -0.438 e. The Labute approximate surface area is 152 Å². The smallest absolute Gasteiger partial charge is 0.413 e. The van der Waals surface area contributed by atoms with Crippen molar-refractivity contribution in [2.75, 3.05) is 0 Å².